The minimum Gasteiger partial charge on any atom is -0.465 e. The van der Waals surface area contributed by atoms with E-state index in [9.17, 15) is 4.79 Å². The molecule has 110 valence electrons. The molecule has 0 spiro atoms. The van der Waals surface area contributed by atoms with Gasteiger partial charge in [-0.2, -0.15) is 0 Å². The van der Waals surface area contributed by atoms with E-state index in [1.807, 2.05) is 43.3 Å². The van der Waals surface area contributed by atoms with Gasteiger partial charge in [-0.3, -0.25) is 0 Å². The van der Waals surface area contributed by atoms with Gasteiger partial charge in [-0.05, 0) is 24.1 Å². The van der Waals surface area contributed by atoms with Crippen LogP contribution in [-0.2, 0) is 16.1 Å². The van der Waals surface area contributed by atoms with E-state index in [-0.39, 0.29) is 6.10 Å². The number of hydrogen-bond donors (Lipinski definition) is 1. The van der Waals surface area contributed by atoms with Crippen molar-refractivity contribution in [3.8, 4) is 0 Å². The molecule has 0 aromatic heterocycles. The molecule has 0 amide bonds. The first kappa shape index (κ1) is 15.1. The first-order chi connectivity index (χ1) is 10.1. The third-order valence-corrected chi connectivity index (χ3v) is 3.33. The Labute approximate surface area is 124 Å². The molecule has 1 atom stereocenters. The standard InChI is InChI=1S/C17H19NO3/c1-12(13-7-4-3-5-8-13)21-11-14-9-6-10-15(18)16(14)17(19)20-2/h3-10,12H,11,18H2,1-2H3. The second-order valence-corrected chi connectivity index (χ2v) is 4.74. The first-order valence-corrected chi connectivity index (χ1v) is 6.75. The molecule has 2 rings (SSSR count). The quantitative estimate of drug-likeness (QED) is 0.676. The summed E-state index contributed by atoms with van der Waals surface area (Å²) in [7, 11) is 1.34. The smallest absolute Gasteiger partial charge is 0.340 e. The number of hydrogen-bond acceptors (Lipinski definition) is 4. The highest BCUT2D eigenvalue weighted by Crippen LogP contribution is 2.23. The highest BCUT2D eigenvalue weighted by molar-refractivity contribution is 5.96. The fraction of sp³-hybridized carbons (Fsp3) is 0.235. The summed E-state index contributed by atoms with van der Waals surface area (Å²) in [6.45, 7) is 2.27. The molecule has 0 bridgehead atoms. The molecule has 0 aliphatic rings. The van der Waals surface area contributed by atoms with Crippen LogP contribution in [0.5, 0.6) is 0 Å². The van der Waals surface area contributed by atoms with Gasteiger partial charge in [0.25, 0.3) is 0 Å². The van der Waals surface area contributed by atoms with Gasteiger partial charge in [0.05, 0.1) is 25.4 Å². The Morgan fingerprint density at radius 2 is 1.86 bits per heavy atom. The second-order valence-electron chi connectivity index (χ2n) is 4.74. The van der Waals surface area contributed by atoms with Crippen LogP contribution in [0.2, 0.25) is 0 Å². The lowest BCUT2D eigenvalue weighted by Gasteiger charge is -2.15. The van der Waals surface area contributed by atoms with Gasteiger partial charge in [-0.1, -0.05) is 42.5 Å². The van der Waals surface area contributed by atoms with Gasteiger partial charge >= 0.3 is 5.97 Å². The molecular weight excluding hydrogens is 266 g/mol. The van der Waals surface area contributed by atoms with Crippen molar-refractivity contribution in [2.45, 2.75) is 19.6 Å². The van der Waals surface area contributed by atoms with E-state index in [0.717, 1.165) is 11.1 Å². The minimum atomic E-state index is -0.445. The van der Waals surface area contributed by atoms with E-state index in [4.69, 9.17) is 15.2 Å². The van der Waals surface area contributed by atoms with Crippen LogP contribution in [0.4, 0.5) is 5.69 Å². The molecule has 0 aliphatic heterocycles. The first-order valence-electron chi connectivity index (χ1n) is 6.75. The van der Waals surface area contributed by atoms with Crippen LogP contribution in [-0.4, -0.2) is 13.1 Å². The lowest BCUT2D eigenvalue weighted by Crippen LogP contribution is -2.11. The van der Waals surface area contributed by atoms with Crippen LogP contribution in [0, 0.1) is 0 Å². The topological polar surface area (TPSA) is 61.5 Å². The number of carbonyl (C=O) groups excluding carboxylic acids is 1. The van der Waals surface area contributed by atoms with Crippen LogP contribution >= 0.6 is 0 Å². The maximum atomic E-state index is 11.8. The molecule has 0 radical (unpaired) electrons. The largest absolute Gasteiger partial charge is 0.465 e. The molecule has 0 aliphatic carbocycles. The summed E-state index contributed by atoms with van der Waals surface area (Å²) in [6.07, 6.45) is -0.0712. The molecule has 2 aromatic rings. The summed E-state index contributed by atoms with van der Waals surface area (Å²) in [5.74, 6) is -0.445. The van der Waals surface area contributed by atoms with Gasteiger partial charge in [0.2, 0.25) is 0 Å². The van der Waals surface area contributed by atoms with Crippen molar-refractivity contribution in [1.29, 1.82) is 0 Å². The highest BCUT2D eigenvalue weighted by Gasteiger charge is 2.16. The van der Waals surface area contributed by atoms with Gasteiger partial charge in [0.1, 0.15) is 0 Å². The molecule has 0 saturated carbocycles. The van der Waals surface area contributed by atoms with Crippen molar-refractivity contribution in [2.24, 2.45) is 0 Å². The zero-order chi connectivity index (χ0) is 15.2. The average Bonchev–Trinajstić information content (AvgIpc) is 2.52. The van der Waals surface area contributed by atoms with E-state index >= 15 is 0 Å². The maximum Gasteiger partial charge on any atom is 0.340 e. The fourth-order valence-electron chi connectivity index (χ4n) is 2.13. The molecule has 0 saturated heterocycles. The Bertz CT molecular complexity index is 611. The summed E-state index contributed by atoms with van der Waals surface area (Å²) in [5.41, 5.74) is 8.44. The van der Waals surface area contributed by atoms with Gasteiger partial charge in [-0.15, -0.1) is 0 Å². The van der Waals surface area contributed by atoms with Crippen molar-refractivity contribution in [2.75, 3.05) is 12.8 Å². The molecule has 21 heavy (non-hydrogen) atoms. The molecule has 2 aromatic carbocycles. The van der Waals surface area contributed by atoms with Gasteiger partial charge in [-0.25, -0.2) is 4.79 Å². The Balaban J connectivity index is 2.13. The van der Waals surface area contributed by atoms with E-state index in [2.05, 4.69) is 0 Å². The Hall–Kier alpha value is -2.33. The van der Waals surface area contributed by atoms with Crippen LogP contribution < -0.4 is 5.73 Å². The Kier molecular flexibility index (Phi) is 4.95. The zero-order valence-electron chi connectivity index (χ0n) is 12.2. The lowest BCUT2D eigenvalue weighted by molar-refractivity contribution is 0.0487. The third-order valence-electron chi connectivity index (χ3n) is 3.33. The molecule has 0 heterocycles. The summed E-state index contributed by atoms with van der Waals surface area (Å²) in [4.78, 5) is 11.8. The summed E-state index contributed by atoms with van der Waals surface area (Å²) >= 11 is 0. The van der Waals surface area contributed by atoms with Crippen molar-refractivity contribution in [1.82, 2.24) is 0 Å². The third kappa shape index (κ3) is 3.61. The number of rotatable bonds is 5. The predicted octanol–water partition coefficient (Wildman–Crippen LogP) is 3.33. The molecule has 0 fully saturated rings. The van der Waals surface area contributed by atoms with Crippen molar-refractivity contribution in [3.63, 3.8) is 0 Å². The number of anilines is 1. The monoisotopic (exact) mass is 285 g/mol. The van der Waals surface area contributed by atoms with Gasteiger partial charge < -0.3 is 15.2 Å². The normalized spacial score (nSPS) is 11.9. The van der Waals surface area contributed by atoms with Crippen LogP contribution in [0.25, 0.3) is 0 Å². The van der Waals surface area contributed by atoms with E-state index in [0.29, 0.717) is 17.9 Å². The number of nitrogen functional groups attached to an aromatic ring is 1. The van der Waals surface area contributed by atoms with Crippen LogP contribution in [0.3, 0.4) is 0 Å². The van der Waals surface area contributed by atoms with Crippen molar-refractivity contribution < 1.29 is 14.3 Å². The SMILES string of the molecule is COC(=O)c1c(N)cccc1COC(C)c1ccccc1. The van der Waals surface area contributed by atoms with Crippen molar-refractivity contribution >= 4 is 11.7 Å². The molecular formula is C17H19NO3. The van der Waals surface area contributed by atoms with E-state index in [1.54, 1.807) is 12.1 Å². The number of methoxy groups -OCH3 is 1. The van der Waals surface area contributed by atoms with E-state index in [1.165, 1.54) is 7.11 Å². The second kappa shape index (κ2) is 6.90. The summed E-state index contributed by atoms with van der Waals surface area (Å²) in [6, 6.07) is 15.2. The minimum absolute atomic E-state index is 0.0712. The highest BCUT2D eigenvalue weighted by atomic mass is 16.5. The number of carbonyl (C=O) groups is 1. The molecule has 2 N–H and O–H groups in total. The fourth-order valence-corrected chi connectivity index (χ4v) is 2.13. The number of esters is 1. The Morgan fingerprint density at radius 3 is 2.52 bits per heavy atom. The van der Waals surface area contributed by atoms with E-state index < -0.39 is 5.97 Å². The zero-order valence-corrected chi connectivity index (χ0v) is 12.2. The number of ether oxygens (including phenoxy) is 2. The van der Waals surface area contributed by atoms with Crippen LogP contribution in [0.15, 0.2) is 48.5 Å². The molecule has 1 unspecified atom stereocenters. The summed E-state index contributed by atoms with van der Waals surface area (Å²) < 4.78 is 10.6. The molecule has 4 heteroatoms. The van der Waals surface area contributed by atoms with Crippen LogP contribution in [0.1, 0.15) is 34.5 Å². The molecule has 4 nitrogen and oxygen atoms in total. The summed E-state index contributed by atoms with van der Waals surface area (Å²) in [5, 5.41) is 0. The maximum absolute atomic E-state index is 11.8. The van der Waals surface area contributed by atoms with Crippen molar-refractivity contribution in [3.05, 3.63) is 65.2 Å². The Morgan fingerprint density at radius 1 is 1.14 bits per heavy atom. The van der Waals surface area contributed by atoms with Gasteiger partial charge in [0, 0.05) is 5.69 Å². The lowest BCUT2D eigenvalue weighted by atomic mass is 10.1. The average molecular weight is 285 g/mol. The van der Waals surface area contributed by atoms with Gasteiger partial charge in [0.15, 0.2) is 0 Å². The number of benzene rings is 2. The predicted molar refractivity (Wildman–Crippen MR) is 81.8 cm³/mol. The number of nitrogens with two attached hydrogens (primary N) is 1.